The van der Waals surface area contributed by atoms with E-state index in [-0.39, 0.29) is 6.09 Å². The molecule has 4 rings (SSSR count). The van der Waals surface area contributed by atoms with Gasteiger partial charge in [-0.15, -0.1) is 0 Å². The number of pyridine rings is 1. The van der Waals surface area contributed by atoms with Crippen LogP contribution in [0.1, 0.15) is 20.8 Å². The molecule has 0 saturated carbocycles. The highest BCUT2D eigenvalue weighted by Crippen LogP contribution is 2.27. The van der Waals surface area contributed by atoms with Gasteiger partial charge in [-0.3, -0.25) is 4.98 Å². The first kappa shape index (κ1) is 19.9. The Kier molecular flexibility index (Phi) is 5.15. The molecule has 8 heteroatoms. The number of piperazine rings is 1. The third-order valence-corrected chi connectivity index (χ3v) is 4.88. The number of carbonyl (C=O) groups excluding carboxylic acids is 1. The van der Waals surface area contributed by atoms with Crippen molar-refractivity contribution in [3.63, 3.8) is 0 Å². The Balaban J connectivity index is 1.52. The number of nitrogen functional groups attached to an aromatic ring is 1. The van der Waals surface area contributed by atoms with Crippen LogP contribution in [0.3, 0.4) is 0 Å². The number of fused-ring (bicyclic) bond motifs is 1. The van der Waals surface area contributed by atoms with Crippen molar-refractivity contribution in [3.05, 3.63) is 42.7 Å². The van der Waals surface area contributed by atoms with Gasteiger partial charge in [-0.2, -0.15) is 0 Å². The molecule has 2 aromatic heterocycles. The largest absolute Gasteiger partial charge is 0.444 e. The molecule has 1 aliphatic rings. The van der Waals surface area contributed by atoms with Gasteiger partial charge in [0.1, 0.15) is 11.3 Å². The van der Waals surface area contributed by atoms with Crippen LogP contribution >= 0.6 is 0 Å². The number of nitrogens with two attached hydrogens (primary N) is 1. The Labute approximate surface area is 175 Å². The summed E-state index contributed by atoms with van der Waals surface area (Å²) in [5.74, 6) is 0.594. The summed E-state index contributed by atoms with van der Waals surface area (Å²) in [5.41, 5.74) is 8.61. The molecule has 1 fully saturated rings. The number of benzene rings is 1. The van der Waals surface area contributed by atoms with Gasteiger partial charge in [-0.1, -0.05) is 18.2 Å². The van der Waals surface area contributed by atoms with Crippen molar-refractivity contribution in [2.75, 3.05) is 36.8 Å². The van der Waals surface area contributed by atoms with Crippen molar-refractivity contribution in [3.8, 4) is 11.3 Å². The van der Waals surface area contributed by atoms with Crippen LogP contribution in [-0.2, 0) is 4.74 Å². The Morgan fingerprint density at radius 1 is 1.07 bits per heavy atom. The summed E-state index contributed by atoms with van der Waals surface area (Å²) in [5, 5.41) is 1.03. The molecule has 0 atom stereocenters. The highest BCUT2D eigenvalue weighted by Gasteiger charge is 2.27. The van der Waals surface area contributed by atoms with Crippen molar-refractivity contribution >= 4 is 28.6 Å². The van der Waals surface area contributed by atoms with Crippen molar-refractivity contribution in [2.45, 2.75) is 26.4 Å². The van der Waals surface area contributed by atoms with Gasteiger partial charge in [0, 0.05) is 43.3 Å². The average molecular weight is 406 g/mol. The lowest BCUT2D eigenvalue weighted by Crippen LogP contribution is -2.50. The average Bonchev–Trinajstić information content (AvgIpc) is 2.73. The minimum Gasteiger partial charge on any atom is -0.444 e. The third kappa shape index (κ3) is 4.27. The number of carbonyl (C=O) groups is 1. The first-order valence-corrected chi connectivity index (χ1v) is 10.0. The van der Waals surface area contributed by atoms with Crippen LogP contribution in [0.4, 0.5) is 16.4 Å². The molecule has 8 nitrogen and oxygen atoms in total. The topological polar surface area (TPSA) is 97.5 Å². The molecule has 156 valence electrons. The molecule has 0 aliphatic carbocycles. The van der Waals surface area contributed by atoms with E-state index < -0.39 is 5.60 Å². The molecular weight excluding hydrogens is 380 g/mol. The Bertz CT molecular complexity index is 1070. The fourth-order valence-corrected chi connectivity index (χ4v) is 3.38. The Hall–Kier alpha value is -3.42. The maximum atomic E-state index is 12.3. The van der Waals surface area contributed by atoms with Crippen LogP contribution in [0.15, 0.2) is 42.7 Å². The van der Waals surface area contributed by atoms with Gasteiger partial charge in [-0.05, 0) is 32.9 Å². The summed E-state index contributed by atoms with van der Waals surface area (Å²) in [6, 6.07) is 9.96. The van der Waals surface area contributed by atoms with Crippen LogP contribution in [0.5, 0.6) is 0 Å². The van der Waals surface area contributed by atoms with Crippen LogP contribution < -0.4 is 10.6 Å². The van der Waals surface area contributed by atoms with Gasteiger partial charge >= 0.3 is 6.09 Å². The highest BCUT2D eigenvalue weighted by molar-refractivity contribution is 5.85. The fourth-order valence-electron chi connectivity index (χ4n) is 3.38. The quantitative estimate of drug-likeness (QED) is 0.697. The minimum absolute atomic E-state index is 0.289. The summed E-state index contributed by atoms with van der Waals surface area (Å²) >= 11 is 0. The Morgan fingerprint density at radius 2 is 1.80 bits per heavy atom. The van der Waals surface area contributed by atoms with E-state index in [0.717, 1.165) is 16.5 Å². The molecule has 1 amide bonds. The van der Waals surface area contributed by atoms with Crippen LogP contribution in [0.2, 0.25) is 0 Å². The van der Waals surface area contributed by atoms with E-state index in [4.69, 9.17) is 15.5 Å². The van der Waals surface area contributed by atoms with Crippen molar-refractivity contribution in [1.29, 1.82) is 0 Å². The van der Waals surface area contributed by atoms with Gasteiger partial charge in [0.15, 0.2) is 0 Å². The zero-order valence-corrected chi connectivity index (χ0v) is 17.5. The van der Waals surface area contributed by atoms with E-state index in [1.165, 1.54) is 0 Å². The van der Waals surface area contributed by atoms with E-state index in [2.05, 4.69) is 14.9 Å². The summed E-state index contributed by atoms with van der Waals surface area (Å²) in [6.45, 7) is 7.95. The summed E-state index contributed by atoms with van der Waals surface area (Å²) in [7, 11) is 0. The highest BCUT2D eigenvalue weighted by atomic mass is 16.6. The molecule has 3 heterocycles. The maximum Gasteiger partial charge on any atom is 0.410 e. The predicted octanol–water partition coefficient (Wildman–Crippen LogP) is 3.33. The van der Waals surface area contributed by atoms with Crippen LogP contribution in [0, 0.1) is 0 Å². The number of rotatable bonds is 2. The molecule has 0 bridgehead atoms. The van der Waals surface area contributed by atoms with E-state index >= 15 is 0 Å². The second kappa shape index (κ2) is 7.78. The monoisotopic (exact) mass is 406 g/mol. The molecule has 0 unspecified atom stereocenters. The molecule has 0 spiro atoms. The molecule has 1 aromatic carbocycles. The number of anilines is 2. The maximum absolute atomic E-state index is 12.3. The third-order valence-electron chi connectivity index (χ3n) is 4.88. The first-order valence-electron chi connectivity index (χ1n) is 10.0. The van der Waals surface area contributed by atoms with Gasteiger partial charge in [-0.25, -0.2) is 14.8 Å². The molecule has 1 aliphatic heterocycles. The van der Waals surface area contributed by atoms with Crippen LogP contribution in [-0.4, -0.2) is 57.7 Å². The van der Waals surface area contributed by atoms with Crippen molar-refractivity contribution in [2.24, 2.45) is 0 Å². The van der Waals surface area contributed by atoms with Crippen molar-refractivity contribution < 1.29 is 9.53 Å². The Morgan fingerprint density at radius 3 is 2.53 bits per heavy atom. The smallest absolute Gasteiger partial charge is 0.410 e. The number of aromatic nitrogens is 3. The molecule has 1 saturated heterocycles. The lowest BCUT2D eigenvalue weighted by molar-refractivity contribution is 0.0240. The van der Waals surface area contributed by atoms with E-state index in [1.807, 2.05) is 51.1 Å². The first-order chi connectivity index (χ1) is 14.3. The van der Waals surface area contributed by atoms with Crippen molar-refractivity contribution in [1.82, 2.24) is 19.9 Å². The van der Waals surface area contributed by atoms with E-state index in [9.17, 15) is 4.79 Å². The standard InChI is InChI=1S/C22H26N6O2/c1-22(2,3)30-21(29)28-10-8-27(9-11-28)20-25-14-17(23)19(26-20)16-12-15-6-4-5-7-18(15)24-13-16/h4-7,12-14H,8-11,23H2,1-3H3. The zero-order valence-electron chi connectivity index (χ0n) is 17.5. The van der Waals surface area contributed by atoms with E-state index in [1.54, 1.807) is 17.3 Å². The summed E-state index contributed by atoms with van der Waals surface area (Å²) < 4.78 is 5.46. The second-order valence-corrected chi connectivity index (χ2v) is 8.35. The molecule has 2 N–H and O–H groups in total. The minimum atomic E-state index is -0.503. The molecule has 3 aromatic rings. The van der Waals surface area contributed by atoms with Gasteiger partial charge in [0.05, 0.1) is 17.4 Å². The predicted molar refractivity (Wildman–Crippen MR) is 117 cm³/mol. The van der Waals surface area contributed by atoms with E-state index in [0.29, 0.717) is 43.5 Å². The lowest BCUT2D eigenvalue weighted by Gasteiger charge is -2.35. The second-order valence-electron chi connectivity index (χ2n) is 8.35. The summed E-state index contributed by atoms with van der Waals surface area (Å²) in [4.78, 5) is 29.7. The van der Waals surface area contributed by atoms with Crippen LogP contribution in [0.25, 0.3) is 22.2 Å². The van der Waals surface area contributed by atoms with Gasteiger partial charge in [0.2, 0.25) is 5.95 Å². The number of nitrogens with zero attached hydrogens (tertiary/aromatic N) is 5. The fraction of sp³-hybridized carbons (Fsp3) is 0.364. The number of amides is 1. The molecule has 30 heavy (non-hydrogen) atoms. The number of hydrogen-bond donors (Lipinski definition) is 1. The molecule has 0 radical (unpaired) electrons. The van der Waals surface area contributed by atoms with Gasteiger partial charge in [0.25, 0.3) is 0 Å². The number of para-hydroxylation sites is 1. The van der Waals surface area contributed by atoms with Gasteiger partial charge < -0.3 is 20.3 Å². The SMILES string of the molecule is CC(C)(C)OC(=O)N1CCN(c2ncc(N)c(-c3cnc4ccccc4c3)n2)CC1. The number of ether oxygens (including phenoxy) is 1. The zero-order chi connectivity index (χ0) is 21.3. The lowest BCUT2D eigenvalue weighted by atomic mass is 10.1. The normalized spacial score (nSPS) is 14.8. The summed E-state index contributed by atoms with van der Waals surface area (Å²) in [6.07, 6.45) is 3.13. The number of hydrogen-bond acceptors (Lipinski definition) is 7. The molecular formula is C22H26N6O2.